The van der Waals surface area contributed by atoms with Gasteiger partial charge >= 0.3 is 5.97 Å². The van der Waals surface area contributed by atoms with Crippen LogP contribution in [0, 0.1) is 0 Å². The SMILES string of the molecule is CCOC(=O)CCC[S]. The summed E-state index contributed by atoms with van der Waals surface area (Å²) >= 11 is 4.65. The minimum atomic E-state index is -0.137. The van der Waals surface area contributed by atoms with E-state index in [4.69, 9.17) is 0 Å². The highest BCUT2D eigenvalue weighted by Crippen LogP contribution is 1.93. The molecule has 2 nitrogen and oxygen atoms in total. The zero-order valence-electron chi connectivity index (χ0n) is 5.55. The second-order valence-corrected chi connectivity index (χ2v) is 2.02. The molecule has 0 aromatic carbocycles. The first-order valence-electron chi connectivity index (χ1n) is 3.05. The number of hydrogen-bond acceptors (Lipinski definition) is 2. The van der Waals surface area contributed by atoms with Crippen molar-refractivity contribution in [2.75, 3.05) is 12.4 Å². The maximum Gasteiger partial charge on any atom is 0.305 e. The fourth-order valence-corrected chi connectivity index (χ4v) is 0.594. The molecule has 0 fully saturated rings. The molecule has 0 amide bonds. The molecule has 9 heavy (non-hydrogen) atoms. The van der Waals surface area contributed by atoms with Crippen LogP contribution in [0.4, 0.5) is 0 Å². The Kier molecular flexibility index (Phi) is 5.83. The van der Waals surface area contributed by atoms with Gasteiger partial charge in [0.05, 0.1) is 6.61 Å². The molecular formula is C6H11O2S. The molecular weight excluding hydrogens is 136 g/mol. The topological polar surface area (TPSA) is 26.3 Å². The van der Waals surface area contributed by atoms with E-state index >= 15 is 0 Å². The fraction of sp³-hybridized carbons (Fsp3) is 0.833. The number of rotatable bonds is 4. The Balaban J connectivity index is 3.06. The third-order valence-electron chi connectivity index (χ3n) is 0.831. The summed E-state index contributed by atoms with van der Waals surface area (Å²) in [7, 11) is 0. The smallest absolute Gasteiger partial charge is 0.305 e. The van der Waals surface area contributed by atoms with Crippen molar-refractivity contribution in [2.45, 2.75) is 19.8 Å². The van der Waals surface area contributed by atoms with Crippen LogP contribution in [0.2, 0.25) is 0 Å². The largest absolute Gasteiger partial charge is 0.466 e. The lowest BCUT2D eigenvalue weighted by molar-refractivity contribution is -0.143. The van der Waals surface area contributed by atoms with Crippen molar-refractivity contribution in [3.8, 4) is 0 Å². The quantitative estimate of drug-likeness (QED) is 0.564. The molecule has 1 radical (unpaired) electrons. The van der Waals surface area contributed by atoms with Gasteiger partial charge in [0, 0.05) is 12.2 Å². The van der Waals surface area contributed by atoms with E-state index in [9.17, 15) is 4.79 Å². The first kappa shape index (κ1) is 8.82. The molecule has 0 atom stereocenters. The molecule has 0 aliphatic rings. The molecule has 0 rings (SSSR count). The van der Waals surface area contributed by atoms with Crippen LogP contribution in [0.25, 0.3) is 0 Å². The monoisotopic (exact) mass is 147 g/mol. The number of carbonyl (C=O) groups excluding carboxylic acids is 1. The number of ether oxygens (including phenoxy) is 1. The maximum absolute atomic E-state index is 10.5. The first-order valence-corrected chi connectivity index (χ1v) is 3.62. The van der Waals surface area contributed by atoms with E-state index in [2.05, 4.69) is 17.4 Å². The Labute approximate surface area is 61.0 Å². The van der Waals surface area contributed by atoms with Gasteiger partial charge in [-0.1, -0.05) is 12.6 Å². The molecule has 0 aromatic heterocycles. The summed E-state index contributed by atoms with van der Waals surface area (Å²) in [4.78, 5) is 10.5. The van der Waals surface area contributed by atoms with E-state index in [1.54, 1.807) is 6.92 Å². The Morgan fingerprint density at radius 2 is 2.33 bits per heavy atom. The number of carbonyl (C=O) groups is 1. The second kappa shape index (κ2) is 5.95. The molecule has 0 saturated heterocycles. The van der Waals surface area contributed by atoms with Crippen LogP contribution >= 0.6 is 12.6 Å². The lowest BCUT2D eigenvalue weighted by Crippen LogP contribution is -2.03. The number of esters is 1. The van der Waals surface area contributed by atoms with Crippen LogP contribution in [0.1, 0.15) is 19.8 Å². The Morgan fingerprint density at radius 3 is 2.78 bits per heavy atom. The second-order valence-electron chi connectivity index (χ2n) is 1.61. The van der Waals surface area contributed by atoms with Crippen LogP contribution < -0.4 is 0 Å². The highest BCUT2D eigenvalue weighted by molar-refractivity contribution is 7.80. The van der Waals surface area contributed by atoms with E-state index in [0.29, 0.717) is 18.8 Å². The number of hydrogen-bond donors (Lipinski definition) is 0. The van der Waals surface area contributed by atoms with Crippen LogP contribution in [0.15, 0.2) is 0 Å². The van der Waals surface area contributed by atoms with Gasteiger partial charge in [-0.15, -0.1) is 0 Å². The summed E-state index contributed by atoms with van der Waals surface area (Å²) in [6.45, 7) is 2.27. The zero-order chi connectivity index (χ0) is 7.11. The van der Waals surface area contributed by atoms with Crippen molar-refractivity contribution in [3.63, 3.8) is 0 Å². The molecule has 0 aliphatic carbocycles. The average molecular weight is 147 g/mol. The molecule has 0 N–H and O–H groups in total. The summed E-state index contributed by atoms with van der Waals surface area (Å²) in [5, 5.41) is 0. The van der Waals surface area contributed by atoms with Crippen molar-refractivity contribution in [3.05, 3.63) is 0 Å². The van der Waals surface area contributed by atoms with E-state index < -0.39 is 0 Å². The highest BCUT2D eigenvalue weighted by Gasteiger charge is 1.97. The molecule has 0 aromatic rings. The third-order valence-corrected chi connectivity index (χ3v) is 1.12. The average Bonchev–Trinajstić information content (AvgIpc) is 1.85. The van der Waals surface area contributed by atoms with Gasteiger partial charge in [0.1, 0.15) is 0 Å². The highest BCUT2D eigenvalue weighted by atomic mass is 32.1. The van der Waals surface area contributed by atoms with Crippen LogP contribution in [0.3, 0.4) is 0 Å². The molecule has 53 valence electrons. The molecule has 0 heterocycles. The van der Waals surface area contributed by atoms with Gasteiger partial charge in [-0.3, -0.25) is 4.79 Å². The lowest BCUT2D eigenvalue weighted by atomic mass is 10.3. The van der Waals surface area contributed by atoms with E-state index in [1.807, 2.05) is 0 Å². The van der Waals surface area contributed by atoms with Crippen molar-refractivity contribution >= 4 is 18.6 Å². The molecule has 0 unspecified atom stereocenters. The molecule has 0 spiro atoms. The van der Waals surface area contributed by atoms with Crippen molar-refractivity contribution < 1.29 is 9.53 Å². The zero-order valence-corrected chi connectivity index (χ0v) is 6.37. The molecule has 0 saturated carbocycles. The lowest BCUT2D eigenvalue weighted by Gasteiger charge is -1.97. The van der Waals surface area contributed by atoms with Crippen molar-refractivity contribution in [1.82, 2.24) is 0 Å². The normalized spacial score (nSPS) is 9.11. The van der Waals surface area contributed by atoms with Gasteiger partial charge in [0.2, 0.25) is 0 Å². The van der Waals surface area contributed by atoms with Crippen LogP contribution in [-0.4, -0.2) is 18.3 Å². The minimum absolute atomic E-state index is 0.137. The molecule has 0 bridgehead atoms. The predicted molar refractivity (Wildman–Crippen MR) is 38.3 cm³/mol. The standard InChI is InChI=1S/C6H11O2S/c1-2-8-6(7)4-3-5-9/h2-5H2,1H3. The summed E-state index contributed by atoms with van der Waals surface area (Å²) in [6.07, 6.45) is 1.23. The van der Waals surface area contributed by atoms with Gasteiger partial charge in [0.25, 0.3) is 0 Å². The Bertz CT molecular complexity index is 83.1. The third kappa shape index (κ3) is 5.69. The Hall–Kier alpha value is -0.180. The van der Waals surface area contributed by atoms with E-state index in [-0.39, 0.29) is 5.97 Å². The maximum atomic E-state index is 10.5. The summed E-state index contributed by atoms with van der Waals surface area (Å²) in [5.41, 5.74) is 0. The van der Waals surface area contributed by atoms with Gasteiger partial charge < -0.3 is 4.74 Å². The van der Waals surface area contributed by atoms with Gasteiger partial charge in [-0.25, -0.2) is 0 Å². The first-order chi connectivity index (χ1) is 4.31. The van der Waals surface area contributed by atoms with Crippen molar-refractivity contribution in [1.29, 1.82) is 0 Å². The summed E-state index contributed by atoms with van der Waals surface area (Å²) < 4.78 is 4.66. The van der Waals surface area contributed by atoms with Crippen LogP contribution in [0.5, 0.6) is 0 Å². The van der Waals surface area contributed by atoms with Gasteiger partial charge in [0.15, 0.2) is 0 Å². The Morgan fingerprint density at radius 1 is 1.67 bits per heavy atom. The summed E-state index contributed by atoms with van der Waals surface area (Å²) in [5.74, 6) is 0.501. The summed E-state index contributed by atoms with van der Waals surface area (Å²) in [6, 6.07) is 0. The minimum Gasteiger partial charge on any atom is -0.466 e. The van der Waals surface area contributed by atoms with E-state index in [1.165, 1.54) is 0 Å². The van der Waals surface area contributed by atoms with Gasteiger partial charge in [-0.05, 0) is 13.3 Å². The van der Waals surface area contributed by atoms with Crippen LogP contribution in [-0.2, 0) is 9.53 Å². The molecule has 0 aliphatic heterocycles. The fourth-order valence-electron chi connectivity index (χ4n) is 0.450. The predicted octanol–water partition coefficient (Wildman–Crippen LogP) is 1.53. The molecule has 3 heteroatoms. The van der Waals surface area contributed by atoms with Crippen molar-refractivity contribution in [2.24, 2.45) is 0 Å². The van der Waals surface area contributed by atoms with E-state index in [0.717, 1.165) is 6.42 Å². The van der Waals surface area contributed by atoms with Gasteiger partial charge in [-0.2, -0.15) is 0 Å².